The van der Waals surface area contributed by atoms with E-state index in [2.05, 4.69) is 0 Å². The van der Waals surface area contributed by atoms with Crippen LogP contribution in [0, 0.1) is 0 Å². The lowest BCUT2D eigenvalue weighted by Crippen LogP contribution is -2.40. The second-order valence-corrected chi connectivity index (χ2v) is 4.04. The summed E-state index contributed by atoms with van der Waals surface area (Å²) in [5.74, 6) is 6.60. The minimum atomic E-state index is 0.0268. The van der Waals surface area contributed by atoms with Crippen molar-refractivity contribution in [2.45, 2.75) is 13.5 Å². The van der Waals surface area contributed by atoms with E-state index in [1.54, 1.807) is 12.0 Å². The summed E-state index contributed by atoms with van der Waals surface area (Å²) in [6.07, 6.45) is 0. The topological polar surface area (TPSA) is 58.8 Å². The van der Waals surface area contributed by atoms with E-state index in [1.807, 2.05) is 25.1 Å². The molecule has 0 unspecified atom stereocenters. The van der Waals surface area contributed by atoms with Gasteiger partial charge in [-0.25, -0.2) is 5.01 Å². The van der Waals surface area contributed by atoms with Gasteiger partial charge < -0.3 is 9.64 Å². The number of benzene rings is 1. The first-order valence-corrected chi connectivity index (χ1v) is 5.62. The summed E-state index contributed by atoms with van der Waals surface area (Å²) in [6, 6.07) is 5.70. The zero-order valence-electron chi connectivity index (χ0n) is 10.1. The van der Waals surface area contributed by atoms with E-state index in [4.69, 9.17) is 10.6 Å². The van der Waals surface area contributed by atoms with Gasteiger partial charge in [0.2, 0.25) is 5.91 Å². The molecule has 0 atom stereocenters. The quantitative estimate of drug-likeness (QED) is 0.768. The highest BCUT2D eigenvalue weighted by molar-refractivity contribution is 5.96. The van der Waals surface area contributed by atoms with Gasteiger partial charge in [0.05, 0.1) is 13.7 Å². The molecule has 0 aliphatic carbocycles. The smallest absolute Gasteiger partial charge is 0.242 e. The predicted octanol–water partition coefficient (Wildman–Crippen LogP) is 0.737. The Balaban J connectivity index is 2.47. The molecular formula is C12H17N3O2. The van der Waals surface area contributed by atoms with Crippen molar-refractivity contribution in [3.8, 4) is 5.75 Å². The van der Waals surface area contributed by atoms with E-state index in [-0.39, 0.29) is 12.5 Å². The van der Waals surface area contributed by atoms with Crippen molar-refractivity contribution in [2.75, 3.05) is 25.1 Å². The number of methoxy groups -OCH3 is 1. The monoisotopic (exact) mass is 235 g/mol. The predicted molar refractivity (Wildman–Crippen MR) is 65.6 cm³/mol. The van der Waals surface area contributed by atoms with Crippen LogP contribution in [0.2, 0.25) is 0 Å². The Labute approximate surface area is 101 Å². The number of hydrazine groups is 1. The normalized spacial score (nSPS) is 16.6. The summed E-state index contributed by atoms with van der Waals surface area (Å²) < 4.78 is 5.19. The number of amides is 1. The van der Waals surface area contributed by atoms with Gasteiger partial charge in [-0.15, -0.1) is 0 Å². The van der Waals surface area contributed by atoms with Crippen LogP contribution < -0.4 is 15.5 Å². The van der Waals surface area contributed by atoms with Crippen molar-refractivity contribution < 1.29 is 9.53 Å². The molecule has 5 nitrogen and oxygen atoms in total. The van der Waals surface area contributed by atoms with E-state index in [9.17, 15) is 4.79 Å². The number of fused-ring (bicyclic) bond motifs is 1. The minimum absolute atomic E-state index is 0.0268. The number of rotatable bonds is 2. The van der Waals surface area contributed by atoms with E-state index in [0.717, 1.165) is 17.0 Å². The molecule has 0 spiro atoms. The SMILES string of the molecule is CCN1C(=O)CN(N)Cc2cc(OC)ccc21. The second kappa shape index (κ2) is 4.73. The van der Waals surface area contributed by atoms with Crippen molar-refractivity contribution in [1.82, 2.24) is 5.01 Å². The maximum Gasteiger partial charge on any atom is 0.242 e. The van der Waals surface area contributed by atoms with Crippen molar-refractivity contribution in [1.29, 1.82) is 0 Å². The molecular weight excluding hydrogens is 218 g/mol. The van der Waals surface area contributed by atoms with Gasteiger partial charge in [-0.1, -0.05) is 0 Å². The van der Waals surface area contributed by atoms with Crippen LogP contribution in [0.4, 0.5) is 5.69 Å². The van der Waals surface area contributed by atoms with Gasteiger partial charge in [-0.2, -0.15) is 0 Å². The van der Waals surface area contributed by atoms with Crippen LogP contribution in [0.5, 0.6) is 5.75 Å². The summed E-state index contributed by atoms with van der Waals surface area (Å²) in [7, 11) is 1.63. The zero-order chi connectivity index (χ0) is 12.4. The van der Waals surface area contributed by atoms with Gasteiger partial charge in [-0.3, -0.25) is 10.6 Å². The zero-order valence-corrected chi connectivity index (χ0v) is 10.1. The highest BCUT2D eigenvalue weighted by atomic mass is 16.5. The molecule has 0 saturated heterocycles. The third-order valence-electron chi connectivity index (χ3n) is 2.91. The molecule has 1 heterocycles. The lowest BCUT2D eigenvalue weighted by atomic mass is 10.1. The van der Waals surface area contributed by atoms with Crippen LogP contribution in [-0.2, 0) is 11.3 Å². The molecule has 5 heteroatoms. The summed E-state index contributed by atoms with van der Waals surface area (Å²) in [5, 5.41) is 1.52. The number of anilines is 1. The van der Waals surface area contributed by atoms with Gasteiger partial charge in [0.1, 0.15) is 5.75 Å². The number of likely N-dealkylation sites (N-methyl/N-ethyl adjacent to an activating group) is 1. The number of nitrogens with two attached hydrogens (primary N) is 1. The van der Waals surface area contributed by atoms with Crippen molar-refractivity contribution in [3.63, 3.8) is 0 Å². The second-order valence-electron chi connectivity index (χ2n) is 4.04. The molecule has 1 aromatic rings. The van der Waals surface area contributed by atoms with E-state index in [1.165, 1.54) is 5.01 Å². The highest BCUT2D eigenvalue weighted by Gasteiger charge is 2.23. The van der Waals surface area contributed by atoms with E-state index in [0.29, 0.717) is 13.1 Å². The molecule has 0 fully saturated rings. The first kappa shape index (κ1) is 11.9. The third-order valence-corrected chi connectivity index (χ3v) is 2.91. The number of nitrogens with zero attached hydrogens (tertiary/aromatic N) is 2. The highest BCUT2D eigenvalue weighted by Crippen LogP contribution is 2.28. The Morgan fingerprint density at radius 1 is 1.41 bits per heavy atom. The molecule has 1 amide bonds. The molecule has 2 N–H and O–H groups in total. The van der Waals surface area contributed by atoms with Crippen molar-refractivity contribution in [2.24, 2.45) is 5.84 Å². The Morgan fingerprint density at radius 3 is 2.82 bits per heavy atom. The Morgan fingerprint density at radius 2 is 2.18 bits per heavy atom. The molecule has 0 radical (unpaired) electrons. The molecule has 1 aliphatic heterocycles. The van der Waals surface area contributed by atoms with Crippen LogP contribution in [0.15, 0.2) is 18.2 Å². The Bertz CT molecular complexity index is 434. The third kappa shape index (κ3) is 2.25. The summed E-state index contributed by atoms with van der Waals surface area (Å²) in [6.45, 7) is 3.39. The fraction of sp³-hybridized carbons (Fsp3) is 0.417. The molecule has 0 saturated carbocycles. The van der Waals surface area contributed by atoms with Crippen LogP contribution in [0.25, 0.3) is 0 Å². The van der Waals surface area contributed by atoms with Gasteiger partial charge in [0.25, 0.3) is 0 Å². The number of hydrogen-bond donors (Lipinski definition) is 1. The number of ether oxygens (including phenoxy) is 1. The number of carbonyl (C=O) groups is 1. The minimum Gasteiger partial charge on any atom is -0.497 e. The first-order chi connectivity index (χ1) is 8.15. The standard InChI is InChI=1S/C12H17N3O2/c1-3-15-11-5-4-10(17-2)6-9(11)7-14(13)8-12(15)16/h4-6H,3,7-8,13H2,1-2H3. The average molecular weight is 235 g/mol. The Kier molecular flexibility index (Phi) is 3.31. The fourth-order valence-corrected chi connectivity index (χ4v) is 2.09. The fourth-order valence-electron chi connectivity index (χ4n) is 2.09. The summed E-state index contributed by atoms with van der Waals surface area (Å²) in [4.78, 5) is 13.7. The van der Waals surface area contributed by atoms with Gasteiger partial charge in [-0.05, 0) is 30.7 Å². The molecule has 0 bridgehead atoms. The molecule has 17 heavy (non-hydrogen) atoms. The largest absolute Gasteiger partial charge is 0.497 e. The van der Waals surface area contributed by atoms with Crippen LogP contribution in [-0.4, -0.2) is 31.1 Å². The number of hydrogen-bond acceptors (Lipinski definition) is 4. The average Bonchev–Trinajstić information content (AvgIpc) is 2.42. The van der Waals surface area contributed by atoms with Crippen molar-refractivity contribution in [3.05, 3.63) is 23.8 Å². The van der Waals surface area contributed by atoms with Crippen LogP contribution in [0.3, 0.4) is 0 Å². The summed E-state index contributed by atoms with van der Waals surface area (Å²) in [5.41, 5.74) is 1.94. The lowest BCUT2D eigenvalue weighted by Gasteiger charge is -2.20. The van der Waals surface area contributed by atoms with Gasteiger partial charge in [0, 0.05) is 18.8 Å². The lowest BCUT2D eigenvalue weighted by molar-refractivity contribution is -0.119. The molecule has 0 aromatic heterocycles. The maximum absolute atomic E-state index is 11.9. The molecule has 1 aliphatic rings. The van der Waals surface area contributed by atoms with Crippen LogP contribution >= 0.6 is 0 Å². The van der Waals surface area contributed by atoms with Gasteiger partial charge >= 0.3 is 0 Å². The summed E-state index contributed by atoms with van der Waals surface area (Å²) >= 11 is 0. The van der Waals surface area contributed by atoms with Crippen molar-refractivity contribution >= 4 is 11.6 Å². The molecule has 2 rings (SSSR count). The van der Waals surface area contributed by atoms with E-state index < -0.39 is 0 Å². The maximum atomic E-state index is 11.9. The van der Waals surface area contributed by atoms with Gasteiger partial charge in [0.15, 0.2) is 0 Å². The molecule has 1 aromatic carbocycles. The Hall–Kier alpha value is -1.59. The molecule has 92 valence electrons. The first-order valence-electron chi connectivity index (χ1n) is 5.62. The van der Waals surface area contributed by atoms with E-state index >= 15 is 0 Å². The number of carbonyl (C=O) groups excluding carboxylic acids is 1. The van der Waals surface area contributed by atoms with Crippen LogP contribution in [0.1, 0.15) is 12.5 Å².